The number of nitrogens with two attached hydrogens (primary N) is 1. The molecule has 376 valence electrons. The zero-order valence-corrected chi connectivity index (χ0v) is 41.9. The molecule has 72 heavy (non-hydrogen) atoms. The lowest BCUT2D eigenvalue weighted by Crippen LogP contribution is -2.50. The monoisotopic (exact) mass is 996 g/mol. The molecule has 10 rings (SSSR count). The molecule has 2 saturated heterocycles. The van der Waals surface area contributed by atoms with Crippen LogP contribution in [0.3, 0.4) is 0 Å². The summed E-state index contributed by atoms with van der Waals surface area (Å²) in [5.41, 5.74) is 7.30. The van der Waals surface area contributed by atoms with Gasteiger partial charge in [-0.15, -0.1) is 0 Å². The number of hydrogen-bond acceptors (Lipinski definition) is 18. The largest absolute Gasteiger partial charge is 0.444 e. The third-order valence-corrected chi connectivity index (χ3v) is 13.6. The summed E-state index contributed by atoms with van der Waals surface area (Å²) in [5, 5.41) is 26.6. The summed E-state index contributed by atoms with van der Waals surface area (Å²) in [5.74, 6) is 2.24. The van der Waals surface area contributed by atoms with Crippen molar-refractivity contribution in [2.24, 2.45) is 0 Å². The van der Waals surface area contributed by atoms with E-state index < -0.39 is 16.4 Å². The van der Waals surface area contributed by atoms with Gasteiger partial charge in [0.05, 0.1) is 34.6 Å². The lowest BCUT2D eigenvalue weighted by Gasteiger charge is -2.36. The van der Waals surface area contributed by atoms with Gasteiger partial charge in [-0.05, 0) is 82.9 Å². The van der Waals surface area contributed by atoms with Gasteiger partial charge in [-0.1, -0.05) is 25.7 Å². The summed E-state index contributed by atoms with van der Waals surface area (Å²) in [4.78, 5) is 69.7. The molecule has 6 aromatic heterocycles. The van der Waals surface area contributed by atoms with Crippen molar-refractivity contribution in [2.45, 2.75) is 95.0 Å². The number of carbonyl (C=O) groups excluding carboxylic acids is 1. The van der Waals surface area contributed by atoms with Crippen LogP contribution in [-0.4, -0.2) is 118 Å². The van der Waals surface area contributed by atoms with Crippen LogP contribution in [0.5, 0.6) is 0 Å². The molecule has 2 aliphatic heterocycles. The van der Waals surface area contributed by atoms with Crippen LogP contribution in [0.4, 0.5) is 33.8 Å². The molecule has 0 spiro atoms. The van der Waals surface area contributed by atoms with E-state index in [1.54, 1.807) is 38.7 Å². The van der Waals surface area contributed by atoms with Crippen LogP contribution in [0, 0.1) is 22.7 Å². The lowest BCUT2D eigenvalue weighted by atomic mass is 10.2. The average molecular weight is 997 g/mol. The lowest BCUT2D eigenvalue weighted by molar-refractivity contribution is 0.0240. The fourth-order valence-corrected chi connectivity index (χ4v) is 9.70. The number of pyridine rings is 4. The van der Waals surface area contributed by atoms with Crippen molar-refractivity contribution >= 4 is 67.9 Å². The second kappa shape index (κ2) is 22.7. The predicted octanol–water partition coefficient (Wildman–Crippen LogP) is 5.56. The van der Waals surface area contributed by atoms with Crippen LogP contribution < -0.4 is 37.3 Å². The number of amides is 1. The molecular weight excluding hydrogens is 937 g/mol. The number of aromatic nitrogens is 8. The number of nitriles is 2. The van der Waals surface area contributed by atoms with Crippen molar-refractivity contribution in [2.75, 3.05) is 79.5 Å². The quantitative estimate of drug-likeness (QED) is 0.165. The molecule has 22 heteroatoms. The first kappa shape index (κ1) is 50.8. The van der Waals surface area contributed by atoms with Gasteiger partial charge >= 0.3 is 6.09 Å². The van der Waals surface area contributed by atoms with Crippen molar-refractivity contribution < 1.29 is 13.7 Å². The summed E-state index contributed by atoms with van der Waals surface area (Å²) < 4.78 is 20.2. The minimum absolute atomic E-state index is 0.0568. The molecule has 4 N–H and O–H groups in total. The topological polar surface area (TPSA) is 272 Å². The minimum Gasteiger partial charge on any atom is -0.444 e. The molecule has 4 fully saturated rings. The molecule has 1 atom stereocenters. The highest BCUT2D eigenvalue weighted by Gasteiger charge is 2.27. The number of nitrogen functional groups attached to an aromatic ring is 1. The Hall–Kier alpha value is -7.56. The first-order valence-corrected chi connectivity index (χ1v) is 25.9. The van der Waals surface area contributed by atoms with E-state index in [-0.39, 0.29) is 45.6 Å². The van der Waals surface area contributed by atoms with E-state index >= 15 is 0 Å². The van der Waals surface area contributed by atoms with E-state index in [9.17, 15) is 23.9 Å². The Labute approximate surface area is 419 Å². The van der Waals surface area contributed by atoms with E-state index in [0.717, 1.165) is 108 Å². The number of nitrogens with zero attached hydrogens (tertiary/aromatic N) is 13. The van der Waals surface area contributed by atoms with Crippen molar-refractivity contribution in [3.05, 3.63) is 93.0 Å². The van der Waals surface area contributed by atoms with Crippen LogP contribution >= 0.6 is 0 Å². The van der Waals surface area contributed by atoms with E-state index in [2.05, 4.69) is 50.3 Å². The number of nitrogens with one attached hydrogen (secondary N) is 2. The molecule has 1 unspecified atom stereocenters. The number of rotatable bonds is 7. The highest BCUT2D eigenvalue weighted by molar-refractivity contribution is 7.84. The standard InChI is InChI=1S/C22H24N8O.C14H14N4O2S.C14H22N4O2/c23-12-15-11-16-13-26-22(28-20(16)30(21(15)31)18-3-1-2-4-18)27-17-5-6-19(25-14-17)29-9-7-24-8-10-29;1-21(20)14-16-8-10-6-9(7-15)13(19)18(12(10)17-14)11-4-2-3-5-11;1-14(2,3)20-13(19)18-8-6-17(7-9-18)12-5-4-11(15)10-16-12/h5-6,11,13-14,18,24H,1-4,7-10H2,(H,26,27,28);6,8,11H,2-5H2,1H3;4-5,10H,6-9,15H2,1-3H3. The molecule has 6 aromatic rings. The van der Waals surface area contributed by atoms with Crippen LogP contribution in [0.2, 0.25) is 0 Å². The molecule has 0 aromatic carbocycles. The molecule has 8 heterocycles. The minimum atomic E-state index is -1.31. The summed E-state index contributed by atoms with van der Waals surface area (Å²) in [6.45, 7) is 12.2. The van der Waals surface area contributed by atoms with Crippen molar-refractivity contribution in [3.8, 4) is 12.1 Å². The Kier molecular flexibility index (Phi) is 16.0. The third kappa shape index (κ3) is 12.1. The fourth-order valence-electron chi connectivity index (χ4n) is 9.29. The molecule has 2 aliphatic carbocycles. The maximum absolute atomic E-state index is 12.9. The number of ether oxygens (including phenoxy) is 1. The highest BCUT2D eigenvalue weighted by atomic mass is 32.2. The van der Waals surface area contributed by atoms with Gasteiger partial charge in [-0.3, -0.25) is 22.9 Å². The molecule has 1 amide bonds. The Morgan fingerprint density at radius 2 is 1.26 bits per heavy atom. The zero-order valence-electron chi connectivity index (χ0n) is 41.1. The third-order valence-electron chi connectivity index (χ3n) is 12.9. The van der Waals surface area contributed by atoms with E-state index in [1.807, 2.05) is 57.2 Å². The predicted molar refractivity (Wildman–Crippen MR) is 276 cm³/mol. The van der Waals surface area contributed by atoms with E-state index in [0.29, 0.717) is 46.8 Å². The van der Waals surface area contributed by atoms with Crippen LogP contribution in [0.25, 0.3) is 22.1 Å². The number of carbonyl (C=O) groups is 1. The summed E-state index contributed by atoms with van der Waals surface area (Å²) in [7, 11) is -1.31. The van der Waals surface area contributed by atoms with Gasteiger partial charge in [0.15, 0.2) is 0 Å². The smallest absolute Gasteiger partial charge is 0.410 e. The first-order valence-electron chi connectivity index (χ1n) is 24.3. The van der Waals surface area contributed by atoms with Crippen molar-refractivity contribution in [1.29, 1.82) is 10.5 Å². The van der Waals surface area contributed by atoms with E-state index in [1.165, 1.54) is 18.5 Å². The zero-order chi connectivity index (χ0) is 50.9. The number of fused-ring (bicyclic) bond motifs is 2. The SMILES string of the molecule is CC(C)(C)OC(=O)N1CCN(c2ccc(N)cn2)CC1.CS(=O)c1ncc2cc(C#N)c(=O)n(C3CCCC3)c2n1.N#Cc1cc2cnc(Nc3ccc(N4CCNCC4)nc3)nc2n(C2CCCC2)c1=O. The van der Waals surface area contributed by atoms with Crippen molar-refractivity contribution in [3.63, 3.8) is 0 Å². The van der Waals surface area contributed by atoms with Crippen LogP contribution in [-0.2, 0) is 15.5 Å². The average Bonchev–Trinajstić information content (AvgIpc) is 4.13. The molecular formula is C50H60N16O5S. The number of anilines is 5. The van der Waals surface area contributed by atoms with Gasteiger partial charge < -0.3 is 35.8 Å². The Bertz CT molecular complexity index is 3120. The second-order valence-electron chi connectivity index (χ2n) is 19.1. The highest BCUT2D eigenvalue weighted by Crippen LogP contribution is 2.32. The van der Waals surface area contributed by atoms with Gasteiger partial charge in [-0.2, -0.15) is 15.5 Å². The maximum atomic E-state index is 12.9. The van der Waals surface area contributed by atoms with Gasteiger partial charge in [0.1, 0.15) is 51.8 Å². The Morgan fingerprint density at radius 3 is 1.76 bits per heavy atom. The van der Waals surface area contributed by atoms with Gasteiger partial charge in [0, 0.05) is 93.9 Å². The molecule has 0 bridgehead atoms. The van der Waals surface area contributed by atoms with Crippen LogP contribution in [0.1, 0.15) is 95.3 Å². The normalized spacial score (nSPS) is 16.8. The van der Waals surface area contributed by atoms with Gasteiger partial charge in [-0.25, -0.2) is 29.7 Å². The molecule has 21 nitrogen and oxygen atoms in total. The Morgan fingerprint density at radius 1 is 0.736 bits per heavy atom. The molecule has 4 aliphatic rings. The summed E-state index contributed by atoms with van der Waals surface area (Å²) >= 11 is 0. The first-order chi connectivity index (χ1) is 34.7. The van der Waals surface area contributed by atoms with Crippen molar-refractivity contribution in [1.82, 2.24) is 49.3 Å². The van der Waals surface area contributed by atoms with E-state index in [4.69, 9.17) is 15.7 Å². The number of piperazine rings is 2. The molecule has 0 radical (unpaired) electrons. The van der Waals surface area contributed by atoms with Crippen LogP contribution in [0.15, 0.2) is 75.9 Å². The summed E-state index contributed by atoms with van der Waals surface area (Å²) in [6, 6.07) is 14.9. The second-order valence-corrected chi connectivity index (χ2v) is 20.4. The molecule has 2 saturated carbocycles. The Balaban J connectivity index is 0.000000150. The fraction of sp³-hybridized carbons (Fsp3) is 0.460. The van der Waals surface area contributed by atoms with Gasteiger partial charge in [0.25, 0.3) is 11.1 Å². The maximum Gasteiger partial charge on any atom is 0.410 e. The van der Waals surface area contributed by atoms with Gasteiger partial charge in [0.2, 0.25) is 11.1 Å². The number of hydrogen-bond donors (Lipinski definition) is 3. The summed E-state index contributed by atoms with van der Waals surface area (Å²) in [6.07, 6.45) is 15.8.